The van der Waals surface area contributed by atoms with Crippen LogP contribution in [0.15, 0.2) is 48.8 Å². The van der Waals surface area contributed by atoms with E-state index in [4.69, 9.17) is 4.74 Å². The van der Waals surface area contributed by atoms with E-state index in [0.717, 1.165) is 11.1 Å². The van der Waals surface area contributed by atoms with Gasteiger partial charge in [0.05, 0.1) is 30.6 Å². The van der Waals surface area contributed by atoms with Crippen molar-refractivity contribution in [2.45, 2.75) is 12.5 Å². The lowest BCUT2D eigenvalue weighted by atomic mass is 10.0. The van der Waals surface area contributed by atoms with Gasteiger partial charge in [-0.25, -0.2) is 4.39 Å². The molecule has 1 fully saturated rings. The number of aromatic nitrogens is 2. The normalized spacial score (nSPS) is 16.0. The SMILES string of the molecule is COc1c(F)cccc1NC1CCN(c2ccc(-c3cn[nH]c3)c(C#N)c2)C1=O. The quantitative estimate of drug-likeness (QED) is 0.696. The third kappa shape index (κ3) is 3.38. The summed E-state index contributed by atoms with van der Waals surface area (Å²) >= 11 is 0. The first-order valence-corrected chi connectivity index (χ1v) is 9.06. The van der Waals surface area contributed by atoms with Crippen molar-refractivity contribution in [1.29, 1.82) is 5.26 Å². The molecule has 1 aliphatic rings. The molecule has 0 saturated carbocycles. The molecule has 3 aromatic rings. The van der Waals surface area contributed by atoms with Crippen molar-refractivity contribution in [2.24, 2.45) is 0 Å². The van der Waals surface area contributed by atoms with Gasteiger partial charge >= 0.3 is 0 Å². The van der Waals surface area contributed by atoms with E-state index >= 15 is 0 Å². The molecule has 2 aromatic carbocycles. The minimum Gasteiger partial charge on any atom is -0.492 e. The first-order chi connectivity index (χ1) is 14.1. The third-order valence-corrected chi connectivity index (χ3v) is 4.95. The number of para-hydroxylation sites is 1. The number of nitrogens with zero attached hydrogens (tertiary/aromatic N) is 3. The topological polar surface area (TPSA) is 94.0 Å². The van der Waals surface area contributed by atoms with Gasteiger partial charge in [-0.1, -0.05) is 12.1 Å². The number of carbonyl (C=O) groups is 1. The maximum Gasteiger partial charge on any atom is 0.249 e. The first kappa shape index (κ1) is 18.5. The van der Waals surface area contributed by atoms with Crippen LogP contribution in [-0.2, 0) is 4.79 Å². The molecule has 8 heteroatoms. The summed E-state index contributed by atoms with van der Waals surface area (Å²) < 4.78 is 19.0. The van der Waals surface area contributed by atoms with E-state index in [1.165, 1.54) is 13.2 Å². The molecule has 0 radical (unpaired) electrons. The number of ether oxygens (including phenoxy) is 1. The minimum atomic E-state index is -0.509. The molecular weight excluding hydrogens is 373 g/mol. The Morgan fingerprint density at radius 3 is 2.97 bits per heavy atom. The van der Waals surface area contributed by atoms with Crippen LogP contribution in [0, 0.1) is 17.1 Å². The highest BCUT2D eigenvalue weighted by atomic mass is 19.1. The van der Waals surface area contributed by atoms with Crippen molar-refractivity contribution >= 4 is 17.3 Å². The molecule has 1 amide bonds. The predicted molar refractivity (Wildman–Crippen MR) is 106 cm³/mol. The number of anilines is 2. The molecule has 1 aliphatic heterocycles. The smallest absolute Gasteiger partial charge is 0.249 e. The Morgan fingerprint density at radius 2 is 2.24 bits per heavy atom. The number of H-pyrrole nitrogens is 1. The highest BCUT2D eigenvalue weighted by molar-refractivity contribution is 6.01. The third-order valence-electron chi connectivity index (χ3n) is 4.95. The van der Waals surface area contributed by atoms with Crippen molar-refractivity contribution in [3.63, 3.8) is 0 Å². The van der Waals surface area contributed by atoms with Crippen LogP contribution in [0.1, 0.15) is 12.0 Å². The number of methoxy groups -OCH3 is 1. The van der Waals surface area contributed by atoms with Gasteiger partial charge in [-0.3, -0.25) is 9.89 Å². The van der Waals surface area contributed by atoms with E-state index < -0.39 is 11.9 Å². The monoisotopic (exact) mass is 391 g/mol. The molecule has 2 N–H and O–H groups in total. The van der Waals surface area contributed by atoms with E-state index in [0.29, 0.717) is 29.9 Å². The van der Waals surface area contributed by atoms with E-state index in [2.05, 4.69) is 21.6 Å². The fourth-order valence-corrected chi connectivity index (χ4v) is 3.53. The number of amides is 1. The van der Waals surface area contributed by atoms with Crippen LogP contribution in [0.25, 0.3) is 11.1 Å². The first-order valence-electron chi connectivity index (χ1n) is 9.06. The van der Waals surface area contributed by atoms with Gasteiger partial charge in [-0.05, 0) is 30.7 Å². The van der Waals surface area contributed by atoms with Gasteiger partial charge in [0.25, 0.3) is 0 Å². The molecule has 1 aromatic heterocycles. The molecule has 146 valence electrons. The number of halogens is 1. The zero-order chi connectivity index (χ0) is 20.4. The van der Waals surface area contributed by atoms with Gasteiger partial charge in [-0.2, -0.15) is 10.4 Å². The van der Waals surface area contributed by atoms with Crippen molar-refractivity contribution in [1.82, 2.24) is 10.2 Å². The summed E-state index contributed by atoms with van der Waals surface area (Å²) in [5, 5.41) is 19.3. The maximum atomic E-state index is 13.9. The molecule has 4 rings (SSSR count). The van der Waals surface area contributed by atoms with Gasteiger partial charge in [0.15, 0.2) is 11.6 Å². The number of benzene rings is 2. The maximum absolute atomic E-state index is 13.9. The van der Waals surface area contributed by atoms with Crippen molar-refractivity contribution in [2.75, 3.05) is 23.9 Å². The van der Waals surface area contributed by atoms with Crippen LogP contribution in [0.5, 0.6) is 5.75 Å². The summed E-state index contributed by atoms with van der Waals surface area (Å²) in [5.41, 5.74) is 3.09. The molecule has 0 aliphatic carbocycles. The zero-order valence-electron chi connectivity index (χ0n) is 15.6. The molecule has 7 nitrogen and oxygen atoms in total. The predicted octanol–water partition coefficient (Wildman–Crippen LogP) is 3.31. The number of aromatic amines is 1. The van der Waals surface area contributed by atoms with Gasteiger partial charge in [0.1, 0.15) is 6.04 Å². The fourth-order valence-electron chi connectivity index (χ4n) is 3.53. The van der Waals surface area contributed by atoms with Gasteiger partial charge < -0.3 is 15.0 Å². The Balaban J connectivity index is 1.57. The average Bonchev–Trinajstić information content (AvgIpc) is 3.38. The summed E-state index contributed by atoms with van der Waals surface area (Å²) in [6.45, 7) is 0.490. The molecule has 29 heavy (non-hydrogen) atoms. The molecule has 0 spiro atoms. The summed E-state index contributed by atoms with van der Waals surface area (Å²) in [5.74, 6) is -0.556. The number of nitrogens with one attached hydrogen (secondary N) is 2. The molecule has 1 saturated heterocycles. The van der Waals surface area contributed by atoms with Crippen LogP contribution in [-0.4, -0.2) is 35.8 Å². The second-order valence-corrected chi connectivity index (χ2v) is 6.62. The number of nitriles is 1. The Labute approximate surface area is 166 Å². The number of rotatable bonds is 5. The van der Waals surface area contributed by atoms with Crippen LogP contribution >= 0.6 is 0 Å². The lowest BCUT2D eigenvalue weighted by Gasteiger charge is -2.19. The summed E-state index contributed by atoms with van der Waals surface area (Å²) in [6, 6.07) is 11.5. The number of hydrogen-bond donors (Lipinski definition) is 2. The molecular formula is C21H18FN5O2. The lowest BCUT2D eigenvalue weighted by molar-refractivity contribution is -0.117. The van der Waals surface area contributed by atoms with Gasteiger partial charge in [-0.15, -0.1) is 0 Å². The van der Waals surface area contributed by atoms with E-state index in [9.17, 15) is 14.4 Å². The van der Waals surface area contributed by atoms with E-state index in [1.54, 1.807) is 35.5 Å². The van der Waals surface area contributed by atoms with Gasteiger partial charge in [0.2, 0.25) is 5.91 Å². The standard InChI is InChI=1S/C21H18FN5O2/c1-29-20-17(22)3-2-4-18(20)26-19-7-8-27(21(19)28)15-5-6-16(13(9-15)10-23)14-11-24-25-12-14/h2-6,9,11-12,19,26H,7-8H2,1H3,(H,24,25). The Kier molecular flexibility index (Phi) is 4.87. The van der Waals surface area contributed by atoms with E-state index in [1.807, 2.05) is 12.1 Å². The Hall–Kier alpha value is -3.86. The van der Waals surface area contributed by atoms with Crippen molar-refractivity contribution < 1.29 is 13.9 Å². The highest BCUT2D eigenvalue weighted by Gasteiger charge is 2.33. The largest absolute Gasteiger partial charge is 0.492 e. The van der Waals surface area contributed by atoms with Crippen LogP contribution in [0.2, 0.25) is 0 Å². The van der Waals surface area contributed by atoms with Crippen LogP contribution in [0.4, 0.5) is 15.8 Å². The van der Waals surface area contributed by atoms with Gasteiger partial charge in [0, 0.05) is 29.6 Å². The van der Waals surface area contributed by atoms with Crippen LogP contribution < -0.4 is 15.0 Å². The molecule has 1 atom stereocenters. The van der Waals surface area contributed by atoms with Crippen molar-refractivity contribution in [3.05, 3.63) is 60.2 Å². The second kappa shape index (κ2) is 7.64. The second-order valence-electron chi connectivity index (χ2n) is 6.62. The molecule has 0 bridgehead atoms. The summed E-state index contributed by atoms with van der Waals surface area (Å²) in [6.07, 6.45) is 3.90. The summed E-state index contributed by atoms with van der Waals surface area (Å²) in [7, 11) is 1.39. The number of carbonyl (C=O) groups excluding carboxylic acids is 1. The summed E-state index contributed by atoms with van der Waals surface area (Å²) in [4.78, 5) is 14.6. The highest BCUT2D eigenvalue weighted by Crippen LogP contribution is 2.32. The van der Waals surface area contributed by atoms with Crippen LogP contribution in [0.3, 0.4) is 0 Å². The van der Waals surface area contributed by atoms with Crippen molar-refractivity contribution in [3.8, 4) is 22.9 Å². The molecule has 2 heterocycles. The lowest BCUT2D eigenvalue weighted by Crippen LogP contribution is -2.33. The minimum absolute atomic E-state index is 0.0787. The Bertz CT molecular complexity index is 1090. The van der Waals surface area contributed by atoms with E-state index in [-0.39, 0.29) is 11.7 Å². The fraction of sp³-hybridized carbons (Fsp3) is 0.190. The average molecular weight is 391 g/mol. The zero-order valence-corrected chi connectivity index (χ0v) is 15.6. The molecule has 1 unspecified atom stereocenters. The Morgan fingerprint density at radius 1 is 1.38 bits per heavy atom. The number of hydrogen-bond acceptors (Lipinski definition) is 5.